The third-order valence-electron chi connectivity index (χ3n) is 7.34. The maximum Gasteiger partial charge on any atom is 0.0922 e. The highest BCUT2D eigenvalue weighted by atomic mass is 32.1. The molecule has 0 radical (unpaired) electrons. The second-order valence-electron chi connectivity index (χ2n) is 10.8. The largest absolute Gasteiger partial charge is 0.387 e. The average Bonchev–Trinajstić information content (AvgIpc) is 3.64. The maximum atomic E-state index is 10.9. The van der Waals surface area contributed by atoms with Crippen molar-refractivity contribution in [3.63, 3.8) is 0 Å². The molecule has 0 spiro atoms. The van der Waals surface area contributed by atoms with Crippen LogP contribution < -0.4 is 0 Å². The number of aliphatic hydroxyl groups excluding tert-OH is 2. The van der Waals surface area contributed by atoms with Gasteiger partial charge in [-0.25, -0.2) is 0 Å². The molecule has 0 aliphatic rings. The topological polar surface area (TPSA) is 66.2 Å². The second-order valence-corrected chi connectivity index (χ2v) is 13.2. The van der Waals surface area contributed by atoms with Gasteiger partial charge < -0.3 is 10.2 Å². The fourth-order valence-electron chi connectivity index (χ4n) is 5.00. The Bertz CT molecular complexity index is 1200. The first kappa shape index (κ1) is 30.6. The van der Waals surface area contributed by atoms with Crippen molar-refractivity contribution in [1.82, 2.24) is 9.97 Å². The van der Waals surface area contributed by atoms with Gasteiger partial charge in [0, 0.05) is 44.7 Å². The fraction of sp³-hybridized carbons (Fsp3) is 0.471. The summed E-state index contributed by atoms with van der Waals surface area (Å²) in [6.45, 7) is 4.47. The number of thiophene rings is 2. The van der Waals surface area contributed by atoms with E-state index in [1.165, 1.54) is 61.1 Å². The quantitative estimate of drug-likeness (QED) is 0.123. The average molecular weight is 577 g/mol. The molecule has 4 aromatic heterocycles. The molecule has 214 valence electrons. The molecule has 0 saturated heterocycles. The lowest BCUT2D eigenvalue weighted by Crippen LogP contribution is -2.02. The number of hydrogen-bond donors (Lipinski definition) is 2. The molecule has 0 saturated carbocycles. The predicted octanol–water partition coefficient (Wildman–Crippen LogP) is 9.06. The van der Waals surface area contributed by atoms with Gasteiger partial charge in [0.1, 0.15) is 0 Å². The van der Waals surface area contributed by atoms with E-state index in [0.717, 1.165) is 45.1 Å². The predicted molar refractivity (Wildman–Crippen MR) is 169 cm³/mol. The molecule has 4 rings (SSSR count). The molecule has 0 fully saturated rings. The third kappa shape index (κ3) is 9.34. The van der Waals surface area contributed by atoms with Crippen LogP contribution in [0, 0.1) is 0 Å². The van der Waals surface area contributed by atoms with E-state index in [1.807, 2.05) is 24.3 Å². The second kappa shape index (κ2) is 16.2. The van der Waals surface area contributed by atoms with Crippen molar-refractivity contribution in [2.75, 3.05) is 0 Å². The summed E-state index contributed by atoms with van der Waals surface area (Å²) in [5.74, 6) is 0. The van der Waals surface area contributed by atoms with Gasteiger partial charge in [0.05, 0.1) is 23.6 Å². The Balaban J connectivity index is 1.34. The first-order valence-corrected chi connectivity index (χ1v) is 16.6. The Labute approximate surface area is 248 Å². The van der Waals surface area contributed by atoms with Gasteiger partial charge in [0.25, 0.3) is 0 Å². The Morgan fingerprint density at radius 1 is 0.600 bits per heavy atom. The van der Waals surface area contributed by atoms with E-state index in [1.54, 1.807) is 35.1 Å². The van der Waals surface area contributed by atoms with Gasteiger partial charge >= 0.3 is 0 Å². The zero-order chi connectivity index (χ0) is 28.2. The Morgan fingerprint density at radius 3 is 1.48 bits per heavy atom. The SMILES string of the molecule is CCCCCCc1ccc(C(O)Cc2ccnc(-c3cc(CC(O)c4ccc(CCCCCC)s4)ccn3)c2)s1. The van der Waals surface area contributed by atoms with Crippen molar-refractivity contribution in [3.8, 4) is 11.4 Å². The molecular weight excluding hydrogens is 533 g/mol. The van der Waals surface area contributed by atoms with Crippen LogP contribution in [0.1, 0.15) is 108 Å². The van der Waals surface area contributed by atoms with Gasteiger partial charge in [-0.2, -0.15) is 0 Å². The van der Waals surface area contributed by atoms with Crippen LogP contribution in [0.15, 0.2) is 60.9 Å². The standard InChI is InChI=1S/C34H44N2O2S2/c1-3-5-7-9-11-27-13-15-33(39-27)31(37)23-25-17-19-35-29(21-25)30-22-26(18-20-36-30)24-32(38)34-16-14-28(40-34)12-10-8-6-4-2/h13-22,31-32,37-38H,3-12,23-24H2,1-2H3. The fourth-order valence-corrected chi connectivity index (χ4v) is 7.08. The lowest BCUT2D eigenvalue weighted by molar-refractivity contribution is 0.182. The highest BCUT2D eigenvalue weighted by Crippen LogP contribution is 2.30. The monoisotopic (exact) mass is 576 g/mol. The van der Waals surface area contributed by atoms with Crippen LogP contribution in [0.25, 0.3) is 11.4 Å². The number of hydrogen-bond acceptors (Lipinski definition) is 6. The van der Waals surface area contributed by atoms with Gasteiger partial charge in [-0.15, -0.1) is 22.7 Å². The van der Waals surface area contributed by atoms with E-state index in [-0.39, 0.29) is 0 Å². The summed E-state index contributed by atoms with van der Waals surface area (Å²) in [5.41, 5.74) is 3.64. The van der Waals surface area contributed by atoms with Crippen molar-refractivity contribution < 1.29 is 10.2 Å². The molecule has 4 aromatic rings. The summed E-state index contributed by atoms with van der Waals surface area (Å²) in [7, 11) is 0. The Kier molecular flexibility index (Phi) is 12.4. The van der Waals surface area contributed by atoms with E-state index in [0.29, 0.717) is 12.8 Å². The molecule has 6 heteroatoms. The molecule has 4 nitrogen and oxygen atoms in total. The van der Waals surface area contributed by atoms with Gasteiger partial charge in [-0.05, 0) is 85.3 Å². The van der Waals surface area contributed by atoms with Gasteiger partial charge in [-0.1, -0.05) is 52.4 Å². The zero-order valence-electron chi connectivity index (χ0n) is 24.0. The summed E-state index contributed by atoms with van der Waals surface area (Å²) in [6.07, 6.45) is 15.9. The molecule has 4 heterocycles. The number of aryl methyl sites for hydroxylation is 2. The minimum absolute atomic E-state index is 0.526. The number of aromatic nitrogens is 2. The van der Waals surface area contributed by atoms with Crippen LogP contribution in [0.4, 0.5) is 0 Å². The van der Waals surface area contributed by atoms with Crippen molar-refractivity contribution >= 4 is 22.7 Å². The van der Waals surface area contributed by atoms with Crippen molar-refractivity contribution in [2.24, 2.45) is 0 Å². The normalized spacial score (nSPS) is 13.0. The maximum absolute atomic E-state index is 10.9. The van der Waals surface area contributed by atoms with Crippen LogP contribution >= 0.6 is 22.7 Å². The summed E-state index contributed by atoms with van der Waals surface area (Å²) in [6, 6.07) is 16.5. The van der Waals surface area contributed by atoms with E-state index in [9.17, 15) is 10.2 Å². The smallest absolute Gasteiger partial charge is 0.0922 e. The molecule has 0 amide bonds. The van der Waals surface area contributed by atoms with Gasteiger partial charge in [0.15, 0.2) is 0 Å². The lowest BCUT2D eigenvalue weighted by Gasteiger charge is -2.11. The summed E-state index contributed by atoms with van der Waals surface area (Å²) in [4.78, 5) is 13.9. The third-order valence-corrected chi connectivity index (χ3v) is 9.84. The molecule has 2 N–H and O–H groups in total. The minimum Gasteiger partial charge on any atom is -0.387 e. The molecular formula is C34H44N2O2S2. The van der Waals surface area contributed by atoms with Crippen molar-refractivity contribution in [1.29, 1.82) is 0 Å². The first-order chi connectivity index (χ1) is 19.6. The minimum atomic E-state index is -0.526. The highest BCUT2D eigenvalue weighted by molar-refractivity contribution is 7.12. The highest BCUT2D eigenvalue weighted by Gasteiger charge is 2.15. The summed E-state index contributed by atoms with van der Waals surface area (Å²) in [5, 5.41) is 21.9. The zero-order valence-corrected chi connectivity index (χ0v) is 25.7. The lowest BCUT2D eigenvalue weighted by atomic mass is 10.0. The van der Waals surface area contributed by atoms with Crippen molar-refractivity contribution in [2.45, 2.75) is 103 Å². The van der Waals surface area contributed by atoms with E-state index in [4.69, 9.17) is 0 Å². The van der Waals surface area contributed by atoms with Gasteiger partial charge in [0.2, 0.25) is 0 Å². The molecule has 0 aliphatic carbocycles. The summed E-state index contributed by atoms with van der Waals surface area (Å²) < 4.78 is 0. The summed E-state index contributed by atoms with van der Waals surface area (Å²) >= 11 is 3.46. The number of pyridine rings is 2. The number of aliphatic hydroxyl groups is 2. The van der Waals surface area contributed by atoms with E-state index < -0.39 is 12.2 Å². The molecule has 0 bridgehead atoms. The number of unbranched alkanes of at least 4 members (excludes halogenated alkanes) is 6. The molecule has 2 atom stereocenters. The Morgan fingerprint density at radius 2 is 1.05 bits per heavy atom. The van der Waals surface area contributed by atoms with E-state index >= 15 is 0 Å². The van der Waals surface area contributed by atoms with Crippen LogP contribution in [0.2, 0.25) is 0 Å². The van der Waals surface area contributed by atoms with Crippen LogP contribution in [0.5, 0.6) is 0 Å². The number of nitrogens with zero attached hydrogens (tertiary/aromatic N) is 2. The van der Waals surface area contributed by atoms with Crippen LogP contribution in [0.3, 0.4) is 0 Å². The number of rotatable bonds is 17. The van der Waals surface area contributed by atoms with Crippen LogP contribution in [-0.2, 0) is 25.7 Å². The first-order valence-electron chi connectivity index (χ1n) is 15.0. The molecule has 0 aromatic carbocycles. The molecule has 0 aliphatic heterocycles. The molecule has 2 unspecified atom stereocenters. The van der Waals surface area contributed by atoms with Crippen LogP contribution in [-0.4, -0.2) is 20.2 Å². The van der Waals surface area contributed by atoms with Crippen molar-refractivity contribution in [3.05, 3.63) is 91.6 Å². The van der Waals surface area contributed by atoms with E-state index in [2.05, 4.69) is 48.1 Å². The van der Waals surface area contributed by atoms with Gasteiger partial charge in [-0.3, -0.25) is 9.97 Å². The molecule has 40 heavy (non-hydrogen) atoms. The Hall–Kier alpha value is -2.38.